The summed E-state index contributed by atoms with van der Waals surface area (Å²) >= 11 is 6.99. The first-order valence-electron chi connectivity index (χ1n) is 4.49. The van der Waals surface area contributed by atoms with E-state index < -0.39 is 0 Å². The highest BCUT2D eigenvalue weighted by atomic mass is 79.9. The molecule has 0 saturated heterocycles. The predicted molar refractivity (Wildman–Crippen MR) is 65.9 cm³/mol. The summed E-state index contributed by atoms with van der Waals surface area (Å²) in [4.78, 5) is 0. The van der Waals surface area contributed by atoms with E-state index in [2.05, 4.69) is 57.0 Å². The summed E-state index contributed by atoms with van der Waals surface area (Å²) in [7, 11) is 0. The highest BCUT2D eigenvalue weighted by Gasteiger charge is 2.03. The molecule has 0 aliphatic rings. The Morgan fingerprint density at radius 2 is 2.00 bits per heavy atom. The maximum absolute atomic E-state index is 3.52. The third-order valence-electron chi connectivity index (χ3n) is 2.21. The molecule has 0 bridgehead atoms. The van der Waals surface area contributed by atoms with Gasteiger partial charge in [0.05, 0.1) is 0 Å². The molecule has 0 unspecified atom stereocenters. The van der Waals surface area contributed by atoms with E-state index in [9.17, 15) is 0 Å². The molecule has 1 rings (SSSR count). The quantitative estimate of drug-likeness (QED) is 0.731. The van der Waals surface area contributed by atoms with Gasteiger partial charge < -0.3 is 0 Å². The molecule has 13 heavy (non-hydrogen) atoms. The highest BCUT2D eigenvalue weighted by molar-refractivity contribution is 9.09. The van der Waals surface area contributed by atoms with Crippen LogP contribution in [-0.2, 0) is 11.8 Å². The zero-order valence-corrected chi connectivity index (χ0v) is 11.0. The average Bonchev–Trinajstić information content (AvgIpc) is 2.15. The number of hydrogen-bond donors (Lipinski definition) is 0. The van der Waals surface area contributed by atoms with Crippen LogP contribution in [0.25, 0.3) is 0 Å². The van der Waals surface area contributed by atoms with Gasteiger partial charge in [-0.3, -0.25) is 0 Å². The molecule has 0 aliphatic heterocycles. The van der Waals surface area contributed by atoms with Gasteiger partial charge in [0.2, 0.25) is 0 Å². The van der Waals surface area contributed by atoms with Crippen molar-refractivity contribution >= 4 is 31.9 Å². The van der Waals surface area contributed by atoms with Crippen molar-refractivity contribution < 1.29 is 0 Å². The Balaban J connectivity index is 2.87. The molecule has 2 heteroatoms. The minimum absolute atomic E-state index is 0.965. The number of aryl methyl sites for hydroxylation is 1. The molecule has 0 atom stereocenters. The molecule has 0 radical (unpaired) electrons. The molecule has 1 aromatic rings. The van der Waals surface area contributed by atoms with Gasteiger partial charge in [-0.15, -0.1) is 0 Å². The van der Waals surface area contributed by atoms with Gasteiger partial charge in [-0.25, -0.2) is 0 Å². The molecule has 0 heterocycles. The molecule has 0 saturated carbocycles. The van der Waals surface area contributed by atoms with Crippen LogP contribution in [0.15, 0.2) is 18.2 Å². The van der Waals surface area contributed by atoms with Crippen LogP contribution in [0.2, 0.25) is 0 Å². The van der Waals surface area contributed by atoms with E-state index in [-0.39, 0.29) is 0 Å². The number of rotatable bonds is 4. The lowest BCUT2D eigenvalue weighted by Crippen LogP contribution is -1.95. The maximum Gasteiger partial charge on any atom is 0.0285 e. The maximum atomic E-state index is 3.52. The Kier molecular flexibility index (Phi) is 5.04. The summed E-state index contributed by atoms with van der Waals surface area (Å²) in [5.41, 5.74) is 4.36. The molecular formula is C11H14Br2. The van der Waals surface area contributed by atoms with Crippen LogP contribution in [0, 0.1) is 6.92 Å². The zero-order valence-electron chi connectivity index (χ0n) is 7.82. The number of hydrogen-bond acceptors (Lipinski definition) is 0. The van der Waals surface area contributed by atoms with E-state index in [4.69, 9.17) is 0 Å². The molecule has 0 amide bonds. The standard InChI is InChI=1S/C11H14Br2/c1-9-4-2-5-10(8-13)11(9)6-3-7-12/h2,4-5H,3,6-8H2,1H3. The predicted octanol–water partition coefficient (Wildman–Crippen LogP) is 4.22. The minimum Gasteiger partial charge on any atom is -0.0928 e. The van der Waals surface area contributed by atoms with Gasteiger partial charge in [-0.1, -0.05) is 50.1 Å². The Morgan fingerprint density at radius 1 is 1.23 bits per heavy atom. The fourth-order valence-electron chi connectivity index (χ4n) is 1.49. The minimum atomic E-state index is 0.965. The molecule has 72 valence electrons. The smallest absolute Gasteiger partial charge is 0.0285 e. The lowest BCUT2D eigenvalue weighted by atomic mass is 9.99. The molecule has 1 aromatic carbocycles. The van der Waals surface area contributed by atoms with Crippen LogP contribution < -0.4 is 0 Å². The molecule has 0 nitrogen and oxygen atoms in total. The first-order chi connectivity index (χ1) is 6.29. The fraction of sp³-hybridized carbons (Fsp3) is 0.455. The van der Waals surface area contributed by atoms with E-state index in [1.54, 1.807) is 0 Å². The first-order valence-corrected chi connectivity index (χ1v) is 6.73. The molecule has 0 aromatic heterocycles. The van der Waals surface area contributed by atoms with Gasteiger partial charge in [-0.2, -0.15) is 0 Å². The Morgan fingerprint density at radius 3 is 2.62 bits per heavy atom. The molecular weight excluding hydrogens is 292 g/mol. The zero-order chi connectivity index (χ0) is 9.68. The number of alkyl halides is 2. The molecule has 0 N–H and O–H groups in total. The van der Waals surface area contributed by atoms with Crippen LogP contribution >= 0.6 is 31.9 Å². The van der Waals surface area contributed by atoms with Gasteiger partial charge in [0.25, 0.3) is 0 Å². The van der Waals surface area contributed by atoms with Crippen molar-refractivity contribution in [2.75, 3.05) is 5.33 Å². The molecule has 0 aliphatic carbocycles. The van der Waals surface area contributed by atoms with E-state index >= 15 is 0 Å². The second-order valence-electron chi connectivity index (χ2n) is 3.14. The summed E-state index contributed by atoms with van der Waals surface area (Å²) in [6.45, 7) is 2.19. The second-order valence-corrected chi connectivity index (χ2v) is 4.49. The lowest BCUT2D eigenvalue weighted by Gasteiger charge is -2.09. The van der Waals surface area contributed by atoms with Crippen molar-refractivity contribution in [3.05, 3.63) is 34.9 Å². The van der Waals surface area contributed by atoms with Crippen molar-refractivity contribution in [3.63, 3.8) is 0 Å². The monoisotopic (exact) mass is 304 g/mol. The first kappa shape index (κ1) is 11.3. The van der Waals surface area contributed by atoms with Gasteiger partial charge >= 0.3 is 0 Å². The molecule has 0 spiro atoms. The van der Waals surface area contributed by atoms with E-state index in [1.807, 2.05) is 0 Å². The normalized spacial score (nSPS) is 10.4. The largest absolute Gasteiger partial charge is 0.0928 e. The Labute approximate surface area is 97.0 Å². The van der Waals surface area contributed by atoms with E-state index in [1.165, 1.54) is 29.5 Å². The summed E-state index contributed by atoms with van der Waals surface area (Å²) < 4.78 is 0. The van der Waals surface area contributed by atoms with Crippen LogP contribution in [-0.4, -0.2) is 5.33 Å². The van der Waals surface area contributed by atoms with Crippen LogP contribution in [0.3, 0.4) is 0 Å². The number of halogens is 2. The number of benzene rings is 1. The SMILES string of the molecule is Cc1cccc(CBr)c1CCCBr. The van der Waals surface area contributed by atoms with Crippen molar-refractivity contribution in [1.29, 1.82) is 0 Å². The third kappa shape index (κ3) is 3.10. The van der Waals surface area contributed by atoms with Crippen LogP contribution in [0.4, 0.5) is 0 Å². The van der Waals surface area contributed by atoms with Gasteiger partial charge in [0, 0.05) is 10.7 Å². The van der Waals surface area contributed by atoms with Gasteiger partial charge in [0.15, 0.2) is 0 Å². The summed E-state index contributed by atoms with van der Waals surface area (Å²) in [5.74, 6) is 0. The topological polar surface area (TPSA) is 0 Å². The van der Waals surface area contributed by atoms with Crippen molar-refractivity contribution in [1.82, 2.24) is 0 Å². The fourth-order valence-corrected chi connectivity index (χ4v) is 2.30. The van der Waals surface area contributed by atoms with Gasteiger partial charge in [-0.05, 0) is 36.5 Å². The van der Waals surface area contributed by atoms with Crippen LogP contribution in [0.1, 0.15) is 23.1 Å². The Hall–Kier alpha value is 0.180. The van der Waals surface area contributed by atoms with E-state index in [0.717, 1.165) is 10.7 Å². The summed E-state index contributed by atoms with van der Waals surface area (Å²) in [5, 5.41) is 2.05. The van der Waals surface area contributed by atoms with Gasteiger partial charge in [0.1, 0.15) is 0 Å². The van der Waals surface area contributed by atoms with E-state index in [0.29, 0.717) is 0 Å². The highest BCUT2D eigenvalue weighted by Crippen LogP contribution is 2.18. The van der Waals surface area contributed by atoms with Crippen molar-refractivity contribution in [2.24, 2.45) is 0 Å². The average molecular weight is 306 g/mol. The summed E-state index contributed by atoms with van der Waals surface area (Å²) in [6.07, 6.45) is 2.39. The second kappa shape index (κ2) is 5.82. The van der Waals surface area contributed by atoms with Crippen molar-refractivity contribution in [3.8, 4) is 0 Å². The van der Waals surface area contributed by atoms with Crippen molar-refractivity contribution in [2.45, 2.75) is 25.1 Å². The Bertz CT molecular complexity index is 269. The third-order valence-corrected chi connectivity index (χ3v) is 3.38. The van der Waals surface area contributed by atoms with Crippen LogP contribution in [0.5, 0.6) is 0 Å². The molecule has 0 fully saturated rings. The summed E-state index contributed by atoms with van der Waals surface area (Å²) in [6, 6.07) is 6.52. The lowest BCUT2D eigenvalue weighted by molar-refractivity contribution is 0.917.